The number of rotatable bonds is 2. The molecule has 0 spiro atoms. The maximum atomic E-state index is 12.2. The zero-order valence-corrected chi connectivity index (χ0v) is 10.7. The molecule has 19 heavy (non-hydrogen) atoms. The molecule has 1 aliphatic rings. The molecule has 1 aromatic carbocycles. The predicted molar refractivity (Wildman–Crippen MR) is 76.0 cm³/mol. The molecule has 2 heterocycles. The summed E-state index contributed by atoms with van der Waals surface area (Å²) >= 11 is 0. The molecule has 4 nitrogen and oxygen atoms in total. The van der Waals surface area contributed by atoms with Crippen molar-refractivity contribution in [1.29, 1.82) is 0 Å². The van der Waals surface area contributed by atoms with E-state index in [9.17, 15) is 4.79 Å². The average molecular weight is 255 g/mol. The van der Waals surface area contributed by atoms with Crippen LogP contribution in [0.4, 0.5) is 5.69 Å². The molecule has 1 aromatic heterocycles. The van der Waals surface area contributed by atoms with Crippen LogP contribution in [-0.4, -0.2) is 24.0 Å². The molecular formula is C15H17N3O. The molecule has 1 aliphatic heterocycles. The van der Waals surface area contributed by atoms with Crippen molar-refractivity contribution < 1.29 is 4.79 Å². The second-order valence-electron chi connectivity index (χ2n) is 4.91. The molecule has 2 aromatic rings. The minimum absolute atomic E-state index is 0.0701. The van der Waals surface area contributed by atoms with E-state index in [-0.39, 0.29) is 11.8 Å². The molecular weight excluding hydrogens is 238 g/mol. The maximum absolute atomic E-state index is 12.2. The van der Waals surface area contributed by atoms with E-state index in [1.165, 1.54) is 0 Å². The number of nitrogens with zero attached hydrogens (tertiary/aromatic N) is 1. The van der Waals surface area contributed by atoms with Gasteiger partial charge in [-0.2, -0.15) is 0 Å². The third-order valence-electron chi connectivity index (χ3n) is 3.57. The van der Waals surface area contributed by atoms with Gasteiger partial charge >= 0.3 is 0 Å². The fourth-order valence-corrected chi connectivity index (χ4v) is 2.52. The van der Waals surface area contributed by atoms with E-state index in [1.807, 2.05) is 30.3 Å². The van der Waals surface area contributed by atoms with Crippen molar-refractivity contribution in [2.45, 2.75) is 12.8 Å². The smallest absolute Gasteiger partial charge is 0.228 e. The van der Waals surface area contributed by atoms with Gasteiger partial charge in [-0.15, -0.1) is 0 Å². The summed E-state index contributed by atoms with van der Waals surface area (Å²) in [5, 5.41) is 7.29. The molecule has 3 rings (SSSR count). The summed E-state index contributed by atoms with van der Waals surface area (Å²) in [4.78, 5) is 16.5. The van der Waals surface area contributed by atoms with Crippen molar-refractivity contribution in [3.63, 3.8) is 0 Å². The van der Waals surface area contributed by atoms with Gasteiger partial charge in [0.15, 0.2) is 0 Å². The van der Waals surface area contributed by atoms with Crippen molar-refractivity contribution in [3.8, 4) is 0 Å². The van der Waals surface area contributed by atoms with E-state index in [2.05, 4.69) is 15.6 Å². The monoisotopic (exact) mass is 255 g/mol. The number of carbonyl (C=O) groups excluding carboxylic acids is 1. The zero-order chi connectivity index (χ0) is 13.1. The van der Waals surface area contributed by atoms with Crippen molar-refractivity contribution in [1.82, 2.24) is 10.3 Å². The molecule has 1 amide bonds. The van der Waals surface area contributed by atoms with Crippen molar-refractivity contribution >= 4 is 22.5 Å². The van der Waals surface area contributed by atoms with E-state index in [1.54, 1.807) is 6.20 Å². The molecule has 2 N–H and O–H groups in total. The number of fused-ring (bicyclic) bond motifs is 1. The summed E-state index contributed by atoms with van der Waals surface area (Å²) in [6, 6.07) is 9.67. The van der Waals surface area contributed by atoms with E-state index in [4.69, 9.17) is 0 Å². The van der Waals surface area contributed by atoms with Gasteiger partial charge < -0.3 is 10.6 Å². The van der Waals surface area contributed by atoms with Crippen LogP contribution in [0.25, 0.3) is 10.9 Å². The van der Waals surface area contributed by atoms with Crippen LogP contribution in [0.1, 0.15) is 12.8 Å². The summed E-state index contributed by atoms with van der Waals surface area (Å²) < 4.78 is 0. The quantitative estimate of drug-likeness (QED) is 0.864. The molecule has 0 saturated carbocycles. The number of piperidine rings is 1. The van der Waals surface area contributed by atoms with Gasteiger partial charge in [-0.3, -0.25) is 9.78 Å². The standard InChI is InChI=1S/C15H17N3O/c19-15(11-4-2-8-16-10-11)18-14-7-1-6-13-12(14)5-3-9-17-13/h1,3,5-7,9,11,16H,2,4,8,10H2,(H,18,19). The van der Waals surface area contributed by atoms with Crippen LogP contribution in [-0.2, 0) is 4.79 Å². The lowest BCUT2D eigenvalue weighted by atomic mass is 9.98. The molecule has 1 saturated heterocycles. The van der Waals surface area contributed by atoms with Gasteiger partial charge in [0.1, 0.15) is 0 Å². The van der Waals surface area contributed by atoms with Gasteiger partial charge in [0.25, 0.3) is 0 Å². The second kappa shape index (κ2) is 5.36. The number of amides is 1. The molecule has 1 atom stereocenters. The van der Waals surface area contributed by atoms with Gasteiger partial charge in [-0.05, 0) is 43.7 Å². The van der Waals surface area contributed by atoms with Crippen LogP contribution in [0.5, 0.6) is 0 Å². The Morgan fingerprint density at radius 3 is 3.11 bits per heavy atom. The summed E-state index contributed by atoms with van der Waals surface area (Å²) in [7, 11) is 0. The van der Waals surface area contributed by atoms with Crippen molar-refractivity contribution in [2.75, 3.05) is 18.4 Å². The minimum Gasteiger partial charge on any atom is -0.325 e. The van der Waals surface area contributed by atoms with Crippen LogP contribution >= 0.6 is 0 Å². The number of hydrogen-bond donors (Lipinski definition) is 2. The molecule has 0 aliphatic carbocycles. The van der Waals surface area contributed by atoms with Crippen LogP contribution in [0.15, 0.2) is 36.5 Å². The largest absolute Gasteiger partial charge is 0.325 e. The molecule has 98 valence electrons. The lowest BCUT2D eigenvalue weighted by Crippen LogP contribution is -2.37. The highest BCUT2D eigenvalue weighted by atomic mass is 16.1. The van der Waals surface area contributed by atoms with Crippen LogP contribution in [0.3, 0.4) is 0 Å². The van der Waals surface area contributed by atoms with E-state index in [0.717, 1.165) is 42.5 Å². The third-order valence-corrected chi connectivity index (χ3v) is 3.57. The number of carbonyl (C=O) groups is 1. The van der Waals surface area contributed by atoms with Crippen molar-refractivity contribution in [3.05, 3.63) is 36.5 Å². The van der Waals surface area contributed by atoms with E-state index >= 15 is 0 Å². The zero-order valence-electron chi connectivity index (χ0n) is 10.7. The first kappa shape index (κ1) is 12.1. The topological polar surface area (TPSA) is 54.0 Å². The first-order valence-corrected chi connectivity index (χ1v) is 6.70. The maximum Gasteiger partial charge on any atom is 0.228 e. The predicted octanol–water partition coefficient (Wildman–Crippen LogP) is 2.17. The Morgan fingerprint density at radius 1 is 1.32 bits per heavy atom. The summed E-state index contributed by atoms with van der Waals surface area (Å²) in [5.74, 6) is 0.171. The Morgan fingerprint density at radius 2 is 2.26 bits per heavy atom. The summed E-state index contributed by atoms with van der Waals surface area (Å²) in [5.41, 5.74) is 1.75. The Bertz CT molecular complexity index is 585. The van der Waals surface area contributed by atoms with E-state index in [0.29, 0.717) is 0 Å². The number of nitrogens with one attached hydrogen (secondary N) is 2. The fourth-order valence-electron chi connectivity index (χ4n) is 2.52. The van der Waals surface area contributed by atoms with Gasteiger partial charge in [0.2, 0.25) is 5.91 Å². The Labute approximate surface area is 112 Å². The molecule has 1 unspecified atom stereocenters. The first-order valence-electron chi connectivity index (χ1n) is 6.70. The highest BCUT2D eigenvalue weighted by Gasteiger charge is 2.21. The first-order chi connectivity index (χ1) is 9.34. The highest BCUT2D eigenvalue weighted by molar-refractivity contribution is 6.01. The summed E-state index contributed by atoms with van der Waals surface area (Å²) in [6.07, 6.45) is 3.79. The minimum atomic E-state index is 0.0701. The third kappa shape index (κ3) is 2.58. The SMILES string of the molecule is O=C(Nc1cccc2ncccc12)C1CCCNC1. The van der Waals surface area contributed by atoms with Crippen LogP contribution in [0.2, 0.25) is 0 Å². The van der Waals surface area contributed by atoms with Crippen LogP contribution < -0.4 is 10.6 Å². The molecule has 0 radical (unpaired) electrons. The number of hydrogen-bond acceptors (Lipinski definition) is 3. The lowest BCUT2D eigenvalue weighted by Gasteiger charge is -2.22. The fraction of sp³-hybridized carbons (Fsp3) is 0.333. The number of aromatic nitrogens is 1. The Kier molecular flexibility index (Phi) is 3.42. The second-order valence-corrected chi connectivity index (χ2v) is 4.91. The van der Waals surface area contributed by atoms with Crippen molar-refractivity contribution in [2.24, 2.45) is 5.92 Å². The number of benzene rings is 1. The Balaban J connectivity index is 1.82. The van der Waals surface area contributed by atoms with Gasteiger partial charge in [0.05, 0.1) is 17.1 Å². The average Bonchev–Trinajstić information content (AvgIpc) is 2.48. The molecule has 4 heteroatoms. The Hall–Kier alpha value is -1.94. The van der Waals surface area contributed by atoms with Gasteiger partial charge in [-0.25, -0.2) is 0 Å². The summed E-state index contributed by atoms with van der Waals surface area (Å²) in [6.45, 7) is 1.79. The van der Waals surface area contributed by atoms with Gasteiger partial charge in [0, 0.05) is 18.1 Å². The molecule has 1 fully saturated rings. The van der Waals surface area contributed by atoms with Crippen LogP contribution in [0, 0.1) is 5.92 Å². The normalized spacial score (nSPS) is 19.3. The molecule has 0 bridgehead atoms. The number of anilines is 1. The highest BCUT2D eigenvalue weighted by Crippen LogP contribution is 2.22. The number of pyridine rings is 1. The van der Waals surface area contributed by atoms with E-state index < -0.39 is 0 Å². The lowest BCUT2D eigenvalue weighted by molar-refractivity contribution is -0.120. The van der Waals surface area contributed by atoms with Gasteiger partial charge in [-0.1, -0.05) is 6.07 Å².